The van der Waals surface area contributed by atoms with Crippen LogP contribution in [0.3, 0.4) is 0 Å². The molecule has 0 spiro atoms. The van der Waals surface area contributed by atoms with Crippen LogP contribution >= 0.6 is 11.8 Å². The third-order valence-corrected chi connectivity index (χ3v) is 4.44. The molecule has 1 unspecified atom stereocenters. The van der Waals surface area contributed by atoms with Crippen molar-refractivity contribution in [3.63, 3.8) is 0 Å². The van der Waals surface area contributed by atoms with Gasteiger partial charge in [-0.3, -0.25) is 9.48 Å². The monoisotopic (exact) mass is 289 g/mol. The number of hydrogen-bond donors (Lipinski definition) is 1. The van der Waals surface area contributed by atoms with Crippen LogP contribution < -0.4 is 5.73 Å². The van der Waals surface area contributed by atoms with Crippen molar-refractivity contribution in [2.45, 2.75) is 17.4 Å². The van der Waals surface area contributed by atoms with Crippen LogP contribution in [0, 0.1) is 0 Å². The van der Waals surface area contributed by atoms with Gasteiger partial charge in [0.1, 0.15) is 6.54 Å². The predicted octanol–water partition coefficient (Wildman–Crippen LogP) is 1.90. The fraction of sp³-hybridized carbons (Fsp3) is 0.286. The van der Waals surface area contributed by atoms with E-state index in [0.717, 1.165) is 5.75 Å². The Labute approximate surface area is 121 Å². The molecular formula is C14H15N3O2S. The van der Waals surface area contributed by atoms with Gasteiger partial charge >= 0.3 is 5.97 Å². The highest BCUT2D eigenvalue weighted by Crippen LogP contribution is 2.39. The topological polar surface area (TPSA) is 70.1 Å². The van der Waals surface area contributed by atoms with Crippen LogP contribution in [-0.2, 0) is 16.1 Å². The lowest BCUT2D eigenvalue weighted by atomic mass is 10.0. The van der Waals surface area contributed by atoms with Gasteiger partial charge in [-0.15, -0.1) is 11.8 Å². The number of esters is 1. The molecule has 1 aliphatic heterocycles. The third kappa shape index (κ3) is 2.80. The van der Waals surface area contributed by atoms with Gasteiger partial charge in [0, 0.05) is 22.8 Å². The van der Waals surface area contributed by atoms with Gasteiger partial charge in [-0.1, -0.05) is 18.2 Å². The van der Waals surface area contributed by atoms with Crippen LogP contribution in [-0.4, -0.2) is 28.1 Å². The Balaban J connectivity index is 1.54. The highest BCUT2D eigenvalue weighted by atomic mass is 32.2. The lowest BCUT2D eigenvalue weighted by molar-refractivity contribution is -0.145. The van der Waals surface area contributed by atoms with Gasteiger partial charge in [0.2, 0.25) is 0 Å². The second kappa shape index (κ2) is 5.58. The van der Waals surface area contributed by atoms with Crippen molar-refractivity contribution in [1.82, 2.24) is 9.78 Å². The molecule has 5 nitrogen and oxygen atoms in total. The van der Waals surface area contributed by atoms with Crippen LogP contribution in [0.1, 0.15) is 11.5 Å². The molecule has 0 aliphatic carbocycles. The number of carbonyl (C=O) groups excluding carboxylic acids is 1. The summed E-state index contributed by atoms with van der Waals surface area (Å²) < 4.78 is 6.82. The molecule has 0 bridgehead atoms. The lowest BCUT2D eigenvalue weighted by Gasteiger charge is -2.11. The minimum atomic E-state index is -0.289. The van der Waals surface area contributed by atoms with E-state index < -0.39 is 0 Å². The van der Waals surface area contributed by atoms with Crippen LogP contribution in [0.4, 0.5) is 5.69 Å². The molecule has 2 aromatic rings. The lowest BCUT2D eigenvalue weighted by Crippen LogP contribution is -2.17. The number of benzene rings is 1. The average molecular weight is 289 g/mol. The minimum Gasteiger partial charge on any atom is -0.464 e. The molecule has 3 rings (SSSR count). The summed E-state index contributed by atoms with van der Waals surface area (Å²) in [5.41, 5.74) is 7.36. The first kappa shape index (κ1) is 13.1. The van der Waals surface area contributed by atoms with Crippen LogP contribution in [0.25, 0.3) is 0 Å². The Morgan fingerprint density at radius 2 is 2.35 bits per heavy atom. The zero-order chi connectivity index (χ0) is 13.9. The number of nitrogen functional groups attached to an aromatic ring is 1. The number of carbonyl (C=O) groups is 1. The maximum atomic E-state index is 11.8. The molecule has 104 valence electrons. The van der Waals surface area contributed by atoms with Crippen LogP contribution in [0.2, 0.25) is 0 Å². The average Bonchev–Trinajstić information content (AvgIpc) is 3.03. The van der Waals surface area contributed by atoms with Gasteiger partial charge in [-0.05, 0) is 11.6 Å². The quantitative estimate of drug-likeness (QED) is 0.870. The Hall–Kier alpha value is -1.95. The summed E-state index contributed by atoms with van der Waals surface area (Å²) in [4.78, 5) is 13.0. The normalized spacial score (nSPS) is 16.9. The SMILES string of the molecule is Nc1cnn(CC(=O)OCC2CSc3ccccc32)c1. The third-order valence-electron chi connectivity index (χ3n) is 3.19. The molecule has 0 saturated heterocycles. The van der Waals surface area contributed by atoms with Crippen LogP contribution in [0.5, 0.6) is 0 Å². The van der Waals surface area contributed by atoms with E-state index in [2.05, 4.69) is 17.2 Å². The molecule has 1 aromatic heterocycles. The van der Waals surface area contributed by atoms with Crippen molar-refractivity contribution in [3.8, 4) is 0 Å². The van der Waals surface area contributed by atoms with Crippen molar-refractivity contribution in [1.29, 1.82) is 0 Å². The fourth-order valence-corrected chi connectivity index (χ4v) is 3.44. The highest BCUT2D eigenvalue weighted by Gasteiger charge is 2.23. The number of aromatic nitrogens is 2. The highest BCUT2D eigenvalue weighted by molar-refractivity contribution is 7.99. The number of thioether (sulfide) groups is 1. The van der Waals surface area contributed by atoms with Crippen LogP contribution in [0.15, 0.2) is 41.6 Å². The van der Waals surface area contributed by atoms with Gasteiger partial charge in [-0.25, -0.2) is 0 Å². The number of fused-ring (bicyclic) bond motifs is 1. The van der Waals surface area contributed by atoms with E-state index in [4.69, 9.17) is 10.5 Å². The fourth-order valence-electron chi connectivity index (χ4n) is 2.20. The Bertz CT molecular complexity index is 626. The molecular weight excluding hydrogens is 274 g/mol. The van der Waals surface area contributed by atoms with E-state index in [0.29, 0.717) is 12.3 Å². The second-order valence-electron chi connectivity index (χ2n) is 4.70. The largest absolute Gasteiger partial charge is 0.464 e. The summed E-state index contributed by atoms with van der Waals surface area (Å²) in [6.45, 7) is 0.512. The summed E-state index contributed by atoms with van der Waals surface area (Å²) in [6, 6.07) is 8.25. The molecule has 2 N–H and O–H groups in total. The van der Waals surface area contributed by atoms with Gasteiger partial charge < -0.3 is 10.5 Å². The number of nitrogens with zero attached hydrogens (tertiary/aromatic N) is 2. The van der Waals surface area contributed by atoms with Gasteiger partial charge in [0.25, 0.3) is 0 Å². The maximum absolute atomic E-state index is 11.8. The zero-order valence-electron chi connectivity index (χ0n) is 10.9. The van der Waals surface area contributed by atoms with Gasteiger partial charge in [-0.2, -0.15) is 5.10 Å². The second-order valence-corrected chi connectivity index (χ2v) is 5.76. The van der Waals surface area contributed by atoms with E-state index in [9.17, 15) is 4.79 Å². The van der Waals surface area contributed by atoms with Gasteiger partial charge in [0.05, 0.1) is 18.5 Å². The Morgan fingerprint density at radius 3 is 3.15 bits per heavy atom. The van der Waals surface area contributed by atoms with Crippen molar-refractivity contribution in [2.75, 3.05) is 18.1 Å². The maximum Gasteiger partial charge on any atom is 0.327 e. The standard InChI is InChI=1S/C14H15N3O2S/c15-11-5-16-17(6-11)7-14(18)19-8-10-9-20-13-4-2-1-3-12(10)13/h1-6,10H,7-9,15H2. The first-order chi connectivity index (χ1) is 9.72. The Kier molecular flexibility index (Phi) is 3.64. The number of rotatable bonds is 4. The minimum absolute atomic E-state index is 0.0959. The number of anilines is 1. The van der Waals surface area contributed by atoms with Crippen molar-refractivity contribution < 1.29 is 9.53 Å². The molecule has 2 heterocycles. The number of nitrogens with two attached hydrogens (primary N) is 1. The molecule has 6 heteroatoms. The summed E-state index contributed by atoms with van der Waals surface area (Å²) in [7, 11) is 0. The molecule has 0 radical (unpaired) electrons. The van der Waals surface area contributed by atoms with E-state index in [1.165, 1.54) is 21.3 Å². The summed E-state index contributed by atoms with van der Waals surface area (Å²) in [6.07, 6.45) is 3.12. The van der Waals surface area contributed by atoms with E-state index in [1.807, 2.05) is 23.9 Å². The molecule has 1 aliphatic rings. The van der Waals surface area contributed by atoms with Crippen molar-refractivity contribution in [3.05, 3.63) is 42.2 Å². The van der Waals surface area contributed by atoms with Crippen molar-refractivity contribution in [2.24, 2.45) is 0 Å². The van der Waals surface area contributed by atoms with E-state index in [-0.39, 0.29) is 18.4 Å². The smallest absolute Gasteiger partial charge is 0.327 e. The number of ether oxygens (including phenoxy) is 1. The van der Waals surface area contributed by atoms with E-state index in [1.54, 1.807) is 6.20 Å². The summed E-state index contributed by atoms with van der Waals surface area (Å²) >= 11 is 1.81. The first-order valence-corrected chi connectivity index (χ1v) is 7.36. The molecule has 0 amide bonds. The Morgan fingerprint density at radius 1 is 1.50 bits per heavy atom. The molecule has 1 aromatic carbocycles. The molecule has 0 saturated carbocycles. The summed E-state index contributed by atoms with van der Waals surface area (Å²) in [5, 5.41) is 3.96. The molecule has 1 atom stereocenters. The molecule has 20 heavy (non-hydrogen) atoms. The van der Waals surface area contributed by atoms with Gasteiger partial charge in [0.15, 0.2) is 0 Å². The first-order valence-electron chi connectivity index (χ1n) is 6.37. The van der Waals surface area contributed by atoms with Crippen molar-refractivity contribution >= 4 is 23.4 Å². The zero-order valence-corrected chi connectivity index (χ0v) is 11.7. The summed E-state index contributed by atoms with van der Waals surface area (Å²) in [5.74, 6) is 0.951. The molecule has 0 fully saturated rings. The number of hydrogen-bond acceptors (Lipinski definition) is 5. The predicted molar refractivity (Wildman–Crippen MR) is 77.5 cm³/mol. The van der Waals surface area contributed by atoms with E-state index >= 15 is 0 Å².